The molecule has 2 nitrogen and oxygen atoms in total. The Morgan fingerprint density at radius 2 is 1.44 bits per heavy atom. The van der Waals surface area contributed by atoms with E-state index < -0.39 is 0 Å². The van der Waals surface area contributed by atoms with E-state index >= 15 is 0 Å². The maximum absolute atomic E-state index is 9.86. The molecule has 0 heterocycles. The molecule has 3 aromatic carbocycles. The number of rotatable bonds is 1. The third kappa shape index (κ3) is 1.78. The van der Waals surface area contributed by atoms with Crippen LogP contribution in [-0.2, 0) is 0 Å². The topological polar surface area (TPSA) is 40.5 Å². The summed E-state index contributed by atoms with van der Waals surface area (Å²) in [6.07, 6.45) is 0. The highest BCUT2D eigenvalue weighted by molar-refractivity contribution is 5.88. The van der Waals surface area contributed by atoms with Gasteiger partial charge >= 0.3 is 0 Å². The third-order valence-electron chi connectivity index (χ3n) is 3.04. The Hall–Kier alpha value is -2.48. The van der Waals surface area contributed by atoms with Gasteiger partial charge in [-0.1, -0.05) is 36.4 Å². The van der Waals surface area contributed by atoms with Crippen LogP contribution in [0.3, 0.4) is 0 Å². The molecule has 0 aliphatic heterocycles. The number of hydrogen-bond acceptors (Lipinski definition) is 2. The molecule has 0 saturated carbocycles. The van der Waals surface area contributed by atoms with Gasteiger partial charge in [0.05, 0.1) is 0 Å². The van der Waals surface area contributed by atoms with Crippen molar-refractivity contribution in [3.8, 4) is 22.6 Å². The van der Waals surface area contributed by atoms with E-state index in [0.717, 1.165) is 16.5 Å². The summed E-state index contributed by atoms with van der Waals surface area (Å²) in [5.41, 5.74) is 1.66. The van der Waals surface area contributed by atoms with Gasteiger partial charge in [-0.3, -0.25) is 0 Å². The summed E-state index contributed by atoms with van der Waals surface area (Å²) >= 11 is 0. The molecule has 0 spiro atoms. The second-order valence-corrected chi connectivity index (χ2v) is 4.26. The lowest BCUT2D eigenvalue weighted by molar-refractivity contribution is 0.452. The van der Waals surface area contributed by atoms with Gasteiger partial charge in [0, 0.05) is 11.6 Å². The summed E-state index contributed by atoms with van der Waals surface area (Å²) in [5.74, 6) is 0.155. The van der Waals surface area contributed by atoms with Crippen molar-refractivity contribution in [1.82, 2.24) is 0 Å². The molecule has 18 heavy (non-hydrogen) atoms. The van der Waals surface area contributed by atoms with Gasteiger partial charge in [0.1, 0.15) is 11.5 Å². The van der Waals surface area contributed by atoms with Crippen LogP contribution in [0.25, 0.3) is 21.9 Å². The van der Waals surface area contributed by atoms with Gasteiger partial charge in [0.15, 0.2) is 0 Å². The number of fused-ring (bicyclic) bond motifs is 1. The molecular weight excluding hydrogens is 224 g/mol. The first-order chi connectivity index (χ1) is 8.74. The van der Waals surface area contributed by atoms with E-state index in [2.05, 4.69) is 6.07 Å². The van der Waals surface area contributed by atoms with Crippen LogP contribution in [0.4, 0.5) is 0 Å². The lowest BCUT2D eigenvalue weighted by Crippen LogP contribution is -1.80. The zero-order valence-electron chi connectivity index (χ0n) is 9.67. The fourth-order valence-electron chi connectivity index (χ4n) is 2.12. The lowest BCUT2D eigenvalue weighted by atomic mass is 10.0. The first-order valence-corrected chi connectivity index (χ1v) is 5.75. The maximum Gasteiger partial charge on any atom is 0.127 e. The van der Waals surface area contributed by atoms with Crippen molar-refractivity contribution in [1.29, 1.82) is 0 Å². The molecule has 88 valence electrons. The standard InChI is InChI=1S/C16H12O2/c17-14-7-8-15(16(18)10-14)13-6-5-11-3-1-2-4-12(11)9-13/h1-10,17-18H. The predicted octanol–water partition coefficient (Wildman–Crippen LogP) is 3.92. The molecule has 0 fully saturated rings. The van der Waals surface area contributed by atoms with Crippen LogP contribution in [0.15, 0.2) is 60.7 Å². The van der Waals surface area contributed by atoms with Crippen molar-refractivity contribution in [2.24, 2.45) is 0 Å². The molecule has 3 aromatic rings. The molecule has 0 amide bonds. The zero-order valence-corrected chi connectivity index (χ0v) is 9.67. The smallest absolute Gasteiger partial charge is 0.127 e. The van der Waals surface area contributed by atoms with Gasteiger partial charge in [0.25, 0.3) is 0 Å². The van der Waals surface area contributed by atoms with Gasteiger partial charge in [0.2, 0.25) is 0 Å². The predicted molar refractivity (Wildman–Crippen MR) is 72.7 cm³/mol. The Labute approximate surface area is 105 Å². The molecule has 0 radical (unpaired) electrons. The van der Waals surface area contributed by atoms with E-state index in [-0.39, 0.29) is 11.5 Å². The van der Waals surface area contributed by atoms with E-state index in [9.17, 15) is 10.2 Å². The Kier molecular flexibility index (Phi) is 2.41. The van der Waals surface area contributed by atoms with Gasteiger partial charge in [-0.05, 0) is 34.5 Å². The first kappa shape index (κ1) is 10.7. The summed E-state index contributed by atoms with van der Waals surface area (Å²) in [7, 11) is 0. The number of phenols is 2. The van der Waals surface area contributed by atoms with E-state index in [1.54, 1.807) is 12.1 Å². The van der Waals surface area contributed by atoms with Gasteiger partial charge in [-0.25, -0.2) is 0 Å². The van der Waals surface area contributed by atoms with Crippen LogP contribution in [-0.4, -0.2) is 10.2 Å². The number of aromatic hydroxyl groups is 2. The van der Waals surface area contributed by atoms with Crippen molar-refractivity contribution < 1.29 is 10.2 Å². The Morgan fingerprint density at radius 1 is 0.667 bits per heavy atom. The van der Waals surface area contributed by atoms with Crippen molar-refractivity contribution in [2.75, 3.05) is 0 Å². The fraction of sp³-hybridized carbons (Fsp3) is 0. The van der Waals surface area contributed by atoms with Crippen LogP contribution in [0.2, 0.25) is 0 Å². The molecule has 0 unspecified atom stereocenters. The van der Waals surface area contributed by atoms with Crippen LogP contribution < -0.4 is 0 Å². The van der Waals surface area contributed by atoms with Crippen LogP contribution >= 0.6 is 0 Å². The van der Waals surface area contributed by atoms with Crippen molar-refractivity contribution in [3.63, 3.8) is 0 Å². The molecule has 0 bridgehead atoms. The summed E-state index contributed by atoms with van der Waals surface area (Å²) in [4.78, 5) is 0. The Balaban J connectivity index is 2.19. The quantitative estimate of drug-likeness (QED) is 0.672. The minimum atomic E-state index is 0.0667. The summed E-state index contributed by atoms with van der Waals surface area (Å²) in [6, 6.07) is 18.7. The number of phenolic OH excluding ortho intramolecular Hbond substituents is 2. The van der Waals surface area contributed by atoms with Crippen molar-refractivity contribution in [2.45, 2.75) is 0 Å². The molecule has 0 aromatic heterocycles. The zero-order chi connectivity index (χ0) is 12.5. The molecule has 0 saturated heterocycles. The highest BCUT2D eigenvalue weighted by Gasteiger charge is 2.05. The normalized spacial score (nSPS) is 10.7. The van der Waals surface area contributed by atoms with E-state index in [1.165, 1.54) is 11.5 Å². The number of hydrogen-bond donors (Lipinski definition) is 2. The Bertz CT molecular complexity index is 717. The first-order valence-electron chi connectivity index (χ1n) is 5.75. The van der Waals surface area contributed by atoms with Gasteiger partial charge < -0.3 is 10.2 Å². The fourth-order valence-corrected chi connectivity index (χ4v) is 2.12. The van der Waals surface area contributed by atoms with Crippen molar-refractivity contribution >= 4 is 10.8 Å². The second kappa shape index (κ2) is 4.08. The van der Waals surface area contributed by atoms with E-state index in [1.807, 2.05) is 36.4 Å². The maximum atomic E-state index is 9.86. The van der Waals surface area contributed by atoms with Crippen LogP contribution in [0.1, 0.15) is 0 Å². The van der Waals surface area contributed by atoms with Crippen molar-refractivity contribution in [3.05, 3.63) is 60.7 Å². The third-order valence-corrected chi connectivity index (χ3v) is 3.04. The summed E-state index contributed by atoms with van der Waals surface area (Å²) < 4.78 is 0. The Morgan fingerprint density at radius 3 is 2.22 bits per heavy atom. The highest BCUT2D eigenvalue weighted by Crippen LogP contribution is 2.33. The van der Waals surface area contributed by atoms with E-state index in [0.29, 0.717) is 0 Å². The highest BCUT2D eigenvalue weighted by atomic mass is 16.3. The number of benzene rings is 3. The average molecular weight is 236 g/mol. The molecular formula is C16H12O2. The largest absolute Gasteiger partial charge is 0.508 e. The summed E-state index contributed by atoms with van der Waals surface area (Å²) in [6.45, 7) is 0. The van der Waals surface area contributed by atoms with Gasteiger partial charge in [-0.15, -0.1) is 0 Å². The minimum Gasteiger partial charge on any atom is -0.508 e. The van der Waals surface area contributed by atoms with Crippen LogP contribution in [0, 0.1) is 0 Å². The van der Waals surface area contributed by atoms with E-state index in [4.69, 9.17) is 0 Å². The molecule has 0 aliphatic rings. The molecule has 0 atom stereocenters. The summed E-state index contributed by atoms with van der Waals surface area (Å²) in [5, 5.41) is 21.4. The minimum absolute atomic E-state index is 0.0667. The SMILES string of the molecule is Oc1ccc(-c2ccc3ccccc3c2)c(O)c1. The molecule has 2 N–H and O–H groups in total. The monoisotopic (exact) mass is 236 g/mol. The lowest BCUT2D eigenvalue weighted by Gasteiger charge is -2.06. The molecule has 0 aliphatic carbocycles. The average Bonchev–Trinajstić information content (AvgIpc) is 2.38. The van der Waals surface area contributed by atoms with Crippen LogP contribution in [0.5, 0.6) is 11.5 Å². The molecule has 2 heteroatoms. The second-order valence-electron chi connectivity index (χ2n) is 4.26. The van der Waals surface area contributed by atoms with Gasteiger partial charge in [-0.2, -0.15) is 0 Å². The molecule has 3 rings (SSSR count).